The van der Waals surface area contributed by atoms with Crippen molar-refractivity contribution >= 4 is 23.1 Å². The summed E-state index contributed by atoms with van der Waals surface area (Å²) >= 11 is 1.42. The van der Waals surface area contributed by atoms with Crippen LogP contribution >= 0.6 is 11.3 Å². The second-order valence-corrected chi connectivity index (χ2v) is 5.94. The zero-order valence-electron chi connectivity index (χ0n) is 11.8. The van der Waals surface area contributed by atoms with Crippen LogP contribution in [0.1, 0.15) is 28.2 Å². The molecule has 1 fully saturated rings. The number of rotatable bonds is 3. The average molecular weight is 303 g/mol. The molecular formula is C14H17N5OS. The molecule has 1 amide bonds. The number of piperidine rings is 1. The Labute approximate surface area is 127 Å². The maximum absolute atomic E-state index is 12.4. The third-order valence-electron chi connectivity index (χ3n) is 3.65. The minimum Gasteiger partial charge on any atom is -0.366 e. The number of carbonyl (C=O) groups excluding carboxylic acids is 1. The van der Waals surface area contributed by atoms with Crippen LogP contribution in [0.2, 0.25) is 0 Å². The smallest absolute Gasteiger partial charge is 0.265 e. The molecule has 7 heteroatoms. The van der Waals surface area contributed by atoms with E-state index in [9.17, 15) is 4.79 Å². The van der Waals surface area contributed by atoms with Crippen molar-refractivity contribution in [3.05, 3.63) is 34.4 Å². The van der Waals surface area contributed by atoms with Gasteiger partial charge >= 0.3 is 0 Å². The fraction of sp³-hybridized carbons (Fsp3) is 0.429. The number of aromatic nitrogens is 3. The standard InChI is InChI=1S/C14H17N5OS/c1-10-13(21-9-15-10)14(20)19-7-4-11(5-8-19)17-12-3-2-6-16-18-12/h2-3,6,9,11H,4-5,7-8H2,1H3,(H,17,18). The minimum atomic E-state index is 0.105. The molecule has 1 saturated heterocycles. The molecule has 0 atom stereocenters. The maximum Gasteiger partial charge on any atom is 0.265 e. The molecule has 3 rings (SSSR count). The monoisotopic (exact) mass is 303 g/mol. The number of anilines is 1. The molecule has 110 valence electrons. The van der Waals surface area contributed by atoms with Crippen molar-refractivity contribution in [2.45, 2.75) is 25.8 Å². The SMILES string of the molecule is Cc1ncsc1C(=O)N1CCC(Nc2cccnn2)CC1. The van der Waals surface area contributed by atoms with Gasteiger partial charge < -0.3 is 10.2 Å². The summed E-state index contributed by atoms with van der Waals surface area (Å²) in [6.07, 6.45) is 3.49. The quantitative estimate of drug-likeness (QED) is 0.938. The van der Waals surface area contributed by atoms with Crippen molar-refractivity contribution in [2.24, 2.45) is 0 Å². The van der Waals surface area contributed by atoms with Gasteiger partial charge in [-0.2, -0.15) is 5.10 Å². The summed E-state index contributed by atoms with van der Waals surface area (Å²) in [6, 6.07) is 4.11. The molecule has 1 aliphatic heterocycles. The first-order chi connectivity index (χ1) is 10.2. The highest BCUT2D eigenvalue weighted by atomic mass is 32.1. The zero-order valence-corrected chi connectivity index (χ0v) is 12.6. The second kappa shape index (κ2) is 6.17. The molecule has 2 aromatic rings. The fourth-order valence-electron chi connectivity index (χ4n) is 2.47. The minimum absolute atomic E-state index is 0.105. The van der Waals surface area contributed by atoms with Crippen LogP contribution in [-0.4, -0.2) is 45.1 Å². The van der Waals surface area contributed by atoms with Crippen LogP contribution in [0.15, 0.2) is 23.8 Å². The molecule has 6 nitrogen and oxygen atoms in total. The number of carbonyl (C=O) groups is 1. The van der Waals surface area contributed by atoms with Crippen LogP contribution < -0.4 is 5.32 Å². The summed E-state index contributed by atoms with van der Waals surface area (Å²) in [5.41, 5.74) is 2.55. The molecule has 1 aliphatic rings. The highest BCUT2D eigenvalue weighted by Gasteiger charge is 2.25. The lowest BCUT2D eigenvalue weighted by Crippen LogP contribution is -2.42. The molecule has 0 aromatic carbocycles. The number of nitrogens with one attached hydrogen (secondary N) is 1. The van der Waals surface area contributed by atoms with Crippen molar-refractivity contribution < 1.29 is 4.79 Å². The Kier molecular flexibility index (Phi) is 4.10. The van der Waals surface area contributed by atoms with Crippen LogP contribution in [0.4, 0.5) is 5.82 Å². The van der Waals surface area contributed by atoms with Gasteiger partial charge in [-0.15, -0.1) is 16.4 Å². The van der Waals surface area contributed by atoms with E-state index in [-0.39, 0.29) is 5.91 Å². The molecule has 0 bridgehead atoms. The van der Waals surface area contributed by atoms with Gasteiger partial charge in [0.25, 0.3) is 5.91 Å². The van der Waals surface area contributed by atoms with Crippen LogP contribution in [0.25, 0.3) is 0 Å². The van der Waals surface area contributed by atoms with Crippen LogP contribution in [0, 0.1) is 6.92 Å². The van der Waals surface area contributed by atoms with Crippen molar-refractivity contribution in [1.29, 1.82) is 0 Å². The van der Waals surface area contributed by atoms with Crippen LogP contribution in [-0.2, 0) is 0 Å². The zero-order chi connectivity index (χ0) is 14.7. The highest BCUT2D eigenvalue weighted by Crippen LogP contribution is 2.20. The first-order valence-corrected chi connectivity index (χ1v) is 7.85. The summed E-state index contributed by atoms with van der Waals surface area (Å²) in [5.74, 6) is 0.897. The number of hydrogen-bond donors (Lipinski definition) is 1. The van der Waals surface area contributed by atoms with Crippen LogP contribution in [0.5, 0.6) is 0 Å². The maximum atomic E-state index is 12.4. The Morgan fingerprint density at radius 1 is 1.43 bits per heavy atom. The molecule has 1 N–H and O–H groups in total. The predicted molar refractivity (Wildman–Crippen MR) is 81.4 cm³/mol. The van der Waals surface area contributed by atoms with Gasteiger partial charge in [0.05, 0.1) is 11.2 Å². The van der Waals surface area contributed by atoms with E-state index in [1.54, 1.807) is 11.7 Å². The lowest BCUT2D eigenvalue weighted by Gasteiger charge is -2.32. The van der Waals surface area contributed by atoms with Gasteiger partial charge in [-0.05, 0) is 31.9 Å². The van der Waals surface area contributed by atoms with Crippen molar-refractivity contribution in [1.82, 2.24) is 20.1 Å². The number of nitrogens with zero attached hydrogens (tertiary/aromatic N) is 4. The van der Waals surface area contributed by atoms with E-state index < -0.39 is 0 Å². The van der Waals surface area contributed by atoms with Crippen molar-refractivity contribution in [3.63, 3.8) is 0 Å². The van der Waals surface area contributed by atoms with Gasteiger partial charge in [0.1, 0.15) is 10.7 Å². The summed E-state index contributed by atoms with van der Waals surface area (Å²) < 4.78 is 0. The van der Waals surface area contributed by atoms with E-state index in [4.69, 9.17) is 0 Å². The predicted octanol–water partition coefficient (Wildman–Crippen LogP) is 1.96. The molecule has 0 radical (unpaired) electrons. The van der Waals surface area contributed by atoms with Gasteiger partial charge in [-0.3, -0.25) is 4.79 Å². The summed E-state index contributed by atoms with van der Waals surface area (Å²) in [5, 5.41) is 11.3. The van der Waals surface area contributed by atoms with E-state index >= 15 is 0 Å². The molecule has 0 unspecified atom stereocenters. The Morgan fingerprint density at radius 3 is 2.86 bits per heavy atom. The molecule has 3 heterocycles. The fourth-order valence-corrected chi connectivity index (χ4v) is 3.23. The first-order valence-electron chi connectivity index (χ1n) is 6.97. The normalized spacial score (nSPS) is 16.0. The lowest BCUT2D eigenvalue weighted by atomic mass is 10.0. The average Bonchev–Trinajstić information content (AvgIpc) is 2.94. The van der Waals surface area contributed by atoms with Gasteiger partial charge in [0.2, 0.25) is 0 Å². The summed E-state index contributed by atoms with van der Waals surface area (Å²) in [4.78, 5) is 19.2. The van der Waals surface area contributed by atoms with E-state index in [0.717, 1.165) is 42.3 Å². The first kappa shape index (κ1) is 13.9. The summed E-state index contributed by atoms with van der Waals surface area (Å²) in [7, 11) is 0. The topological polar surface area (TPSA) is 71.0 Å². The highest BCUT2D eigenvalue weighted by molar-refractivity contribution is 7.11. The second-order valence-electron chi connectivity index (χ2n) is 5.09. The van der Waals surface area contributed by atoms with Crippen LogP contribution in [0.3, 0.4) is 0 Å². The third kappa shape index (κ3) is 3.18. The van der Waals surface area contributed by atoms with Gasteiger partial charge in [0, 0.05) is 25.3 Å². The van der Waals surface area contributed by atoms with E-state index in [2.05, 4.69) is 20.5 Å². The number of hydrogen-bond acceptors (Lipinski definition) is 6. The van der Waals surface area contributed by atoms with Gasteiger partial charge in [-0.1, -0.05) is 0 Å². The molecule has 0 aliphatic carbocycles. The van der Waals surface area contributed by atoms with Crippen molar-refractivity contribution in [2.75, 3.05) is 18.4 Å². The molecule has 0 saturated carbocycles. The lowest BCUT2D eigenvalue weighted by molar-refractivity contribution is 0.0722. The summed E-state index contributed by atoms with van der Waals surface area (Å²) in [6.45, 7) is 3.40. The van der Waals surface area contributed by atoms with E-state index in [1.165, 1.54) is 11.3 Å². The third-order valence-corrected chi connectivity index (χ3v) is 4.56. The number of aryl methyl sites for hydroxylation is 1. The molecule has 2 aromatic heterocycles. The number of thiazole rings is 1. The van der Waals surface area contributed by atoms with Crippen molar-refractivity contribution in [3.8, 4) is 0 Å². The molecular weight excluding hydrogens is 286 g/mol. The van der Waals surface area contributed by atoms with E-state index in [1.807, 2.05) is 24.0 Å². The molecule has 21 heavy (non-hydrogen) atoms. The number of likely N-dealkylation sites (tertiary alicyclic amines) is 1. The Hall–Kier alpha value is -2.02. The van der Waals surface area contributed by atoms with Gasteiger partial charge in [-0.25, -0.2) is 4.98 Å². The van der Waals surface area contributed by atoms with Gasteiger partial charge in [0.15, 0.2) is 0 Å². The largest absolute Gasteiger partial charge is 0.366 e. The Bertz CT molecular complexity index is 607. The number of amides is 1. The Morgan fingerprint density at radius 2 is 2.24 bits per heavy atom. The van der Waals surface area contributed by atoms with E-state index in [0.29, 0.717) is 6.04 Å². The molecule has 0 spiro atoms. The Balaban J connectivity index is 1.56.